The van der Waals surface area contributed by atoms with E-state index in [4.69, 9.17) is 10.5 Å². The van der Waals surface area contributed by atoms with Gasteiger partial charge in [0.15, 0.2) is 0 Å². The largest absolute Gasteiger partial charge is 0.394 e. The van der Waals surface area contributed by atoms with Gasteiger partial charge < -0.3 is 20.9 Å². The lowest BCUT2D eigenvalue weighted by Gasteiger charge is -2.22. The van der Waals surface area contributed by atoms with Crippen molar-refractivity contribution in [2.45, 2.75) is 31.5 Å². The van der Waals surface area contributed by atoms with Gasteiger partial charge in [-0.2, -0.15) is 0 Å². The number of hydrogen-bond donors (Lipinski definition) is 3. The number of rotatable bonds is 7. The smallest absolute Gasteiger partial charge is 0.254 e. The van der Waals surface area contributed by atoms with Crippen LogP contribution in [0.3, 0.4) is 0 Å². The molecule has 0 radical (unpaired) electrons. The van der Waals surface area contributed by atoms with Gasteiger partial charge in [0.2, 0.25) is 0 Å². The minimum Gasteiger partial charge on any atom is -0.394 e. The summed E-state index contributed by atoms with van der Waals surface area (Å²) in [5.41, 5.74) is 8.29. The van der Waals surface area contributed by atoms with Crippen LogP contribution >= 0.6 is 0 Å². The summed E-state index contributed by atoms with van der Waals surface area (Å²) in [7, 11) is 0. The van der Waals surface area contributed by atoms with Crippen molar-refractivity contribution in [3.05, 3.63) is 76.9 Å². The Bertz CT molecular complexity index is 1170. The molecule has 2 heterocycles. The van der Waals surface area contributed by atoms with E-state index in [0.29, 0.717) is 35.6 Å². The first kappa shape index (κ1) is 23.7. The molecule has 1 amide bonds. The molecule has 2 aromatic carbocycles. The highest BCUT2D eigenvalue weighted by Crippen LogP contribution is 2.30. The Morgan fingerprint density at radius 1 is 1.24 bits per heavy atom. The van der Waals surface area contributed by atoms with Gasteiger partial charge in [0.05, 0.1) is 30.1 Å². The fourth-order valence-corrected chi connectivity index (χ4v) is 4.02. The van der Waals surface area contributed by atoms with Crippen molar-refractivity contribution >= 4 is 11.7 Å². The van der Waals surface area contributed by atoms with E-state index in [9.17, 15) is 18.7 Å². The number of hydrogen-bond acceptors (Lipinski definition) is 6. The first-order chi connectivity index (χ1) is 16.5. The Morgan fingerprint density at radius 2 is 2.03 bits per heavy atom. The van der Waals surface area contributed by atoms with Crippen molar-refractivity contribution in [2.24, 2.45) is 0 Å². The molecule has 3 aromatic rings. The Kier molecular flexibility index (Phi) is 7.44. The number of nitrogens with two attached hydrogens (primary N) is 1. The van der Waals surface area contributed by atoms with Crippen LogP contribution in [0.1, 0.15) is 52.0 Å². The third-order valence-electron chi connectivity index (χ3n) is 5.94. The second-order valence-electron chi connectivity index (χ2n) is 8.20. The summed E-state index contributed by atoms with van der Waals surface area (Å²) in [6.07, 6.45) is 3.29. The molecule has 1 fully saturated rings. The molecule has 7 nitrogen and oxygen atoms in total. The monoisotopic (exact) mass is 468 g/mol. The van der Waals surface area contributed by atoms with E-state index < -0.39 is 31.0 Å². The highest BCUT2D eigenvalue weighted by molar-refractivity contribution is 5.95. The summed E-state index contributed by atoms with van der Waals surface area (Å²) < 4.78 is 33.3. The fourth-order valence-electron chi connectivity index (χ4n) is 4.02. The summed E-state index contributed by atoms with van der Waals surface area (Å²) >= 11 is 0. The molecule has 4 rings (SSSR count). The second-order valence-corrected chi connectivity index (χ2v) is 8.20. The van der Waals surface area contributed by atoms with Crippen LogP contribution in [-0.2, 0) is 11.4 Å². The number of aromatic nitrogens is 2. The Labute approximate surface area is 196 Å². The number of alkyl halides is 1. The molecule has 1 aliphatic rings. The standard InChI is InChI=1S/C25H26F2N4O3/c26-12-15-2-1-3-17(10-15)22(14-32)31-25(33)19-5-4-18(11-20(19)27)23-24(28)29-13-21(30-23)16-6-8-34-9-7-16/h1-5,10-11,13,16,22,32H,6-9,12,14H2,(H2,28,29)(H,31,33)/t22-/m1/s1. The lowest BCUT2D eigenvalue weighted by molar-refractivity contribution is 0.0844. The molecule has 34 heavy (non-hydrogen) atoms. The van der Waals surface area contributed by atoms with Gasteiger partial charge in [0.1, 0.15) is 24.0 Å². The normalized spacial score (nSPS) is 15.1. The van der Waals surface area contributed by atoms with Crippen LogP contribution in [0.4, 0.5) is 14.6 Å². The number of nitrogen functional groups attached to an aromatic ring is 1. The number of aliphatic hydroxyl groups excluding tert-OH is 1. The zero-order chi connectivity index (χ0) is 24.1. The maximum Gasteiger partial charge on any atom is 0.254 e. The molecule has 0 spiro atoms. The van der Waals surface area contributed by atoms with E-state index in [1.807, 2.05) is 0 Å². The van der Waals surface area contributed by atoms with Gasteiger partial charge in [0, 0.05) is 24.7 Å². The topological polar surface area (TPSA) is 110 Å². The van der Waals surface area contributed by atoms with Crippen molar-refractivity contribution in [1.82, 2.24) is 15.3 Å². The predicted octanol–water partition coefficient (Wildman–Crippen LogP) is 3.69. The number of halogens is 2. The lowest BCUT2D eigenvalue weighted by Crippen LogP contribution is -2.31. The average Bonchev–Trinajstić information content (AvgIpc) is 2.88. The maximum atomic E-state index is 15.0. The summed E-state index contributed by atoms with van der Waals surface area (Å²) in [5.74, 6) is -1.10. The van der Waals surface area contributed by atoms with E-state index in [1.165, 1.54) is 12.1 Å². The summed E-state index contributed by atoms with van der Waals surface area (Å²) in [6.45, 7) is 0.207. The minimum absolute atomic E-state index is 0.167. The van der Waals surface area contributed by atoms with Crippen molar-refractivity contribution in [1.29, 1.82) is 0 Å². The summed E-state index contributed by atoms with van der Waals surface area (Å²) in [5, 5.41) is 12.3. The first-order valence-corrected chi connectivity index (χ1v) is 11.1. The van der Waals surface area contributed by atoms with Crippen LogP contribution in [0.15, 0.2) is 48.7 Å². The van der Waals surface area contributed by atoms with Gasteiger partial charge in [-0.05, 0) is 36.1 Å². The van der Waals surface area contributed by atoms with E-state index in [1.54, 1.807) is 36.5 Å². The molecular weight excluding hydrogens is 442 g/mol. The Balaban J connectivity index is 1.55. The fraction of sp³-hybridized carbons (Fsp3) is 0.320. The molecule has 0 aliphatic carbocycles. The number of anilines is 1. The molecule has 0 unspecified atom stereocenters. The lowest BCUT2D eigenvalue weighted by atomic mass is 9.96. The number of nitrogens with one attached hydrogen (secondary N) is 1. The highest BCUT2D eigenvalue weighted by Gasteiger charge is 2.22. The maximum absolute atomic E-state index is 15.0. The van der Waals surface area contributed by atoms with E-state index in [0.717, 1.165) is 18.5 Å². The third-order valence-corrected chi connectivity index (χ3v) is 5.94. The van der Waals surface area contributed by atoms with Crippen LogP contribution < -0.4 is 11.1 Å². The number of benzene rings is 2. The molecule has 0 bridgehead atoms. The van der Waals surface area contributed by atoms with Crippen molar-refractivity contribution in [2.75, 3.05) is 25.6 Å². The number of carbonyl (C=O) groups is 1. The molecule has 178 valence electrons. The van der Waals surface area contributed by atoms with Crippen LogP contribution in [-0.4, -0.2) is 40.8 Å². The van der Waals surface area contributed by atoms with Crippen molar-refractivity contribution < 1.29 is 23.4 Å². The van der Waals surface area contributed by atoms with Gasteiger partial charge in [-0.15, -0.1) is 0 Å². The molecule has 1 atom stereocenters. The summed E-state index contributed by atoms with van der Waals surface area (Å²) in [4.78, 5) is 21.6. The van der Waals surface area contributed by atoms with E-state index >= 15 is 0 Å². The average molecular weight is 469 g/mol. The molecule has 9 heteroatoms. The number of aliphatic hydroxyl groups is 1. The van der Waals surface area contributed by atoms with Gasteiger partial charge in [-0.3, -0.25) is 4.79 Å². The predicted molar refractivity (Wildman–Crippen MR) is 123 cm³/mol. The Morgan fingerprint density at radius 3 is 2.74 bits per heavy atom. The van der Waals surface area contributed by atoms with Crippen LogP contribution in [0.2, 0.25) is 0 Å². The molecule has 4 N–H and O–H groups in total. The number of nitrogens with zero attached hydrogens (tertiary/aromatic N) is 2. The molecule has 1 saturated heterocycles. The van der Waals surface area contributed by atoms with Crippen molar-refractivity contribution in [3.63, 3.8) is 0 Å². The highest BCUT2D eigenvalue weighted by atomic mass is 19.1. The van der Waals surface area contributed by atoms with Crippen LogP contribution in [0.5, 0.6) is 0 Å². The van der Waals surface area contributed by atoms with Crippen LogP contribution in [0.25, 0.3) is 11.3 Å². The quantitative estimate of drug-likeness (QED) is 0.488. The number of carbonyl (C=O) groups excluding carboxylic acids is 1. The van der Waals surface area contributed by atoms with Gasteiger partial charge >= 0.3 is 0 Å². The molecular formula is C25H26F2N4O3. The Hall–Kier alpha value is -3.43. The zero-order valence-corrected chi connectivity index (χ0v) is 18.5. The van der Waals surface area contributed by atoms with Crippen LogP contribution in [0, 0.1) is 5.82 Å². The molecule has 0 saturated carbocycles. The van der Waals surface area contributed by atoms with Crippen molar-refractivity contribution in [3.8, 4) is 11.3 Å². The number of ether oxygens (including phenoxy) is 1. The number of amides is 1. The van der Waals surface area contributed by atoms with Gasteiger partial charge in [-0.25, -0.2) is 18.7 Å². The molecule has 1 aliphatic heterocycles. The second kappa shape index (κ2) is 10.7. The minimum atomic E-state index is -0.809. The van der Waals surface area contributed by atoms with E-state index in [-0.39, 0.29) is 17.3 Å². The third kappa shape index (κ3) is 5.21. The SMILES string of the molecule is Nc1ncc(C2CCOCC2)nc1-c1ccc(C(=O)N[C@H](CO)c2cccc(CF)c2)c(F)c1. The molecule has 1 aromatic heterocycles. The van der Waals surface area contributed by atoms with Gasteiger partial charge in [-0.1, -0.05) is 30.3 Å². The van der Waals surface area contributed by atoms with E-state index in [2.05, 4.69) is 15.3 Å². The first-order valence-electron chi connectivity index (χ1n) is 11.1. The summed E-state index contributed by atoms with van der Waals surface area (Å²) in [6, 6.07) is 9.73. The van der Waals surface area contributed by atoms with Gasteiger partial charge in [0.25, 0.3) is 5.91 Å². The zero-order valence-electron chi connectivity index (χ0n) is 18.5.